The van der Waals surface area contributed by atoms with Gasteiger partial charge in [-0.1, -0.05) is 0 Å². The number of aliphatic hydroxyl groups excluding tert-OH is 2. The van der Waals surface area contributed by atoms with E-state index in [1.807, 2.05) is 0 Å². The predicted octanol–water partition coefficient (Wildman–Crippen LogP) is -0.250. The summed E-state index contributed by atoms with van der Waals surface area (Å²) in [7, 11) is 0. The first kappa shape index (κ1) is 13.3. The van der Waals surface area contributed by atoms with Gasteiger partial charge in [0.2, 0.25) is 0 Å². The molecule has 4 nitrogen and oxygen atoms in total. The Bertz CT molecular complexity index is 94.6. The third-order valence-corrected chi connectivity index (χ3v) is 0.813. The van der Waals surface area contributed by atoms with E-state index in [0.29, 0.717) is 5.75 Å². The molecule has 0 aliphatic heterocycles. The second kappa shape index (κ2) is 9.74. The molecule has 0 spiro atoms. The summed E-state index contributed by atoms with van der Waals surface area (Å²) in [5, 5.41) is 23.9. The molecule has 3 N–H and O–H groups in total. The van der Waals surface area contributed by atoms with Gasteiger partial charge in [-0.3, -0.25) is 4.79 Å². The van der Waals surface area contributed by atoms with E-state index in [2.05, 4.69) is 12.6 Å². The first-order chi connectivity index (χ1) is 5.04. The zero-order valence-corrected chi connectivity index (χ0v) is 7.29. The van der Waals surface area contributed by atoms with E-state index in [0.717, 1.165) is 0 Å². The summed E-state index contributed by atoms with van der Waals surface area (Å²) in [4.78, 5) is 9.55. The molecule has 0 aliphatic rings. The average molecular weight is 182 g/mol. The molecule has 0 saturated carbocycles. The van der Waals surface area contributed by atoms with Crippen molar-refractivity contribution in [3.63, 3.8) is 0 Å². The zero-order chi connectivity index (χ0) is 9.28. The molecule has 0 rings (SSSR count). The first-order valence-electron chi connectivity index (χ1n) is 3.16. The van der Waals surface area contributed by atoms with Crippen LogP contribution in [0.15, 0.2) is 0 Å². The summed E-state index contributed by atoms with van der Waals surface area (Å²) in [6.45, 7) is 1.39. The fraction of sp³-hybridized carbons (Fsp3) is 0.833. The Kier molecular flexibility index (Phi) is 11.8. The molecule has 0 radical (unpaired) electrons. The van der Waals surface area contributed by atoms with E-state index < -0.39 is 12.1 Å². The van der Waals surface area contributed by atoms with Crippen LogP contribution in [0.5, 0.6) is 0 Å². The Balaban J connectivity index is 0. The summed E-state index contributed by atoms with van der Waals surface area (Å²) >= 11 is 3.68. The van der Waals surface area contributed by atoms with E-state index in [1.165, 1.54) is 6.92 Å². The number of thiol groups is 1. The molecule has 0 amide bonds. The monoisotopic (exact) mass is 182 g/mol. The van der Waals surface area contributed by atoms with Crippen LogP contribution in [0, 0.1) is 0 Å². The molecule has 11 heavy (non-hydrogen) atoms. The van der Waals surface area contributed by atoms with Gasteiger partial charge in [-0.05, 0) is 6.92 Å². The highest BCUT2D eigenvalue weighted by molar-refractivity contribution is 7.80. The molecule has 5 heteroatoms. The minimum Gasteiger partial charge on any atom is -0.481 e. The van der Waals surface area contributed by atoms with Crippen LogP contribution >= 0.6 is 12.6 Å². The molecule has 0 aromatic heterocycles. The lowest BCUT2D eigenvalue weighted by molar-refractivity contribution is -0.136. The average Bonchev–Trinajstić information content (AvgIpc) is 1.89. The number of rotatable bonds is 3. The third kappa shape index (κ3) is 26.0. The van der Waals surface area contributed by atoms with Gasteiger partial charge in [-0.25, -0.2) is 0 Å². The van der Waals surface area contributed by atoms with Crippen LogP contribution in [0.25, 0.3) is 0 Å². The fourth-order valence-corrected chi connectivity index (χ4v) is 0.287. The molecule has 0 saturated heterocycles. The summed E-state index contributed by atoms with van der Waals surface area (Å²) in [5.74, 6) is -0.361. The number of carboxylic acid groups (broad SMARTS) is 1. The van der Waals surface area contributed by atoms with Crippen molar-refractivity contribution in [3.8, 4) is 0 Å². The third-order valence-electron chi connectivity index (χ3n) is 0.590. The second-order valence-corrected chi connectivity index (χ2v) is 2.35. The molecular weight excluding hydrogens is 168 g/mol. The van der Waals surface area contributed by atoms with Crippen molar-refractivity contribution < 1.29 is 20.1 Å². The van der Waals surface area contributed by atoms with Crippen molar-refractivity contribution in [3.05, 3.63) is 0 Å². The van der Waals surface area contributed by atoms with Crippen molar-refractivity contribution in [1.29, 1.82) is 0 Å². The summed E-state index contributed by atoms with van der Waals surface area (Å²) in [5.41, 5.74) is 0. The van der Waals surface area contributed by atoms with E-state index >= 15 is 0 Å². The van der Waals surface area contributed by atoms with E-state index in [4.69, 9.17) is 15.3 Å². The van der Waals surface area contributed by atoms with Crippen molar-refractivity contribution in [1.82, 2.24) is 0 Å². The Labute approximate surface area is 71.3 Å². The minimum atomic E-state index is -0.787. The highest BCUT2D eigenvalue weighted by Gasteiger charge is 1.88. The number of aliphatic hydroxyl groups is 2. The molecule has 0 aromatic carbocycles. The second-order valence-electron chi connectivity index (χ2n) is 1.90. The van der Waals surface area contributed by atoms with Gasteiger partial charge in [0.25, 0.3) is 0 Å². The molecule has 1 unspecified atom stereocenters. The van der Waals surface area contributed by atoms with Crippen molar-refractivity contribution in [2.75, 3.05) is 12.4 Å². The summed E-state index contributed by atoms with van der Waals surface area (Å²) < 4.78 is 0. The maximum absolute atomic E-state index is 9.55. The normalized spacial score (nSPS) is 11.3. The quantitative estimate of drug-likeness (QED) is 0.454. The van der Waals surface area contributed by atoms with Crippen LogP contribution in [0.3, 0.4) is 0 Å². The molecule has 0 aromatic rings. The summed E-state index contributed by atoms with van der Waals surface area (Å²) in [6, 6.07) is 0. The zero-order valence-electron chi connectivity index (χ0n) is 6.40. The van der Waals surface area contributed by atoms with Crippen LogP contribution in [-0.2, 0) is 4.79 Å². The van der Waals surface area contributed by atoms with Crippen LogP contribution in [0.2, 0.25) is 0 Å². The number of carboxylic acids is 1. The van der Waals surface area contributed by atoms with Crippen LogP contribution in [0.1, 0.15) is 13.3 Å². The van der Waals surface area contributed by atoms with Gasteiger partial charge in [0.05, 0.1) is 19.1 Å². The highest BCUT2D eigenvalue weighted by atomic mass is 32.1. The largest absolute Gasteiger partial charge is 0.481 e. The smallest absolute Gasteiger partial charge is 0.304 e. The number of aliphatic carboxylic acids is 1. The van der Waals surface area contributed by atoms with Crippen LogP contribution in [0.4, 0.5) is 0 Å². The maximum atomic E-state index is 9.55. The molecule has 0 bridgehead atoms. The SMILES string of the molecule is CC(O)CO.O=C(O)CCS. The molecule has 0 heterocycles. The topological polar surface area (TPSA) is 77.8 Å². The van der Waals surface area contributed by atoms with Gasteiger partial charge in [0, 0.05) is 5.75 Å². The summed E-state index contributed by atoms with van der Waals surface area (Å²) in [6.07, 6.45) is -0.404. The number of carbonyl (C=O) groups is 1. The number of hydrogen-bond acceptors (Lipinski definition) is 4. The van der Waals surface area contributed by atoms with Crippen LogP contribution < -0.4 is 0 Å². The van der Waals surface area contributed by atoms with Gasteiger partial charge in [0.1, 0.15) is 0 Å². The van der Waals surface area contributed by atoms with Gasteiger partial charge in [-0.2, -0.15) is 12.6 Å². The van der Waals surface area contributed by atoms with E-state index in [1.54, 1.807) is 0 Å². The Morgan fingerprint density at radius 3 is 2.00 bits per heavy atom. The maximum Gasteiger partial charge on any atom is 0.304 e. The van der Waals surface area contributed by atoms with E-state index in [9.17, 15) is 4.79 Å². The highest BCUT2D eigenvalue weighted by Crippen LogP contribution is 1.79. The van der Waals surface area contributed by atoms with Gasteiger partial charge >= 0.3 is 5.97 Å². The van der Waals surface area contributed by atoms with Crippen LogP contribution in [-0.4, -0.2) is 39.8 Å². The van der Waals surface area contributed by atoms with E-state index in [-0.39, 0.29) is 13.0 Å². The lowest BCUT2D eigenvalue weighted by Gasteiger charge is -1.90. The molecule has 1 atom stereocenters. The molecule has 0 fully saturated rings. The Morgan fingerprint density at radius 2 is 2.00 bits per heavy atom. The first-order valence-corrected chi connectivity index (χ1v) is 3.79. The Hall–Kier alpha value is -0.260. The number of hydrogen-bond donors (Lipinski definition) is 4. The lowest BCUT2D eigenvalue weighted by Crippen LogP contribution is -2.03. The fourth-order valence-electron chi connectivity index (χ4n) is 0.0956. The van der Waals surface area contributed by atoms with Gasteiger partial charge < -0.3 is 15.3 Å². The standard InChI is InChI=1S/C3H6O2S.C3H8O2/c4-3(5)1-2-6;1-3(5)2-4/h6H,1-2H2,(H,4,5);3-5H,2H2,1H3. The molecule has 68 valence electrons. The Morgan fingerprint density at radius 1 is 1.64 bits per heavy atom. The van der Waals surface area contributed by atoms with Crippen molar-refractivity contribution in [2.24, 2.45) is 0 Å². The van der Waals surface area contributed by atoms with Crippen molar-refractivity contribution >= 4 is 18.6 Å². The van der Waals surface area contributed by atoms with Gasteiger partial charge in [0.15, 0.2) is 0 Å². The lowest BCUT2D eigenvalue weighted by atomic mass is 10.5. The predicted molar refractivity (Wildman–Crippen MR) is 44.9 cm³/mol. The minimum absolute atomic E-state index is 0.139. The van der Waals surface area contributed by atoms with Gasteiger partial charge in [-0.15, -0.1) is 0 Å². The molecular formula is C6H14O4S. The molecule has 0 aliphatic carbocycles. The van der Waals surface area contributed by atoms with Crippen molar-refractivity contribution in [2.45, 2.75) is 19.4 Å².